The van der Waals surface area contributed by atoms with E-state index in [9.17, 15) is 19.8 Å². The fourth-order valence-corrected chi connectivity index (χ4v) is 5.07. The lowest BCUT2D eigenvalue weighted by molar-refractivity contribution is -0.119. The maximum atomic E-state index is 12.4. The molecule has 0 spiro atoms. The average molecular weight is 639 g/mol. The fourth-order valence-electron chi connectivity index (χ4n) is 5.07. The van der Waals surface area contributed by atoms with Crippen LogP contribution in [0.1, 0.15) is 43.7 Å². The van der Waals surface area contributed by atoms with Gasteiger partial charge < -0.3 is 31.5 Å². The standard InChI is InChI=1S/C37H46N6O4/c1-5-12-29(14-9-8-10-18-38-24-31(36(46)40-7-3)25-41-33-20-37(4,47)21-33)30-15-11-13-27(19-30)22-42-35(45)28(6-2)23-39-26-32-16-17-34(44)43-32/h5-15,18-19,22,24,32-33,39,41,45,47H,1-3,16-17,20-21,23,25-26H2,4H3,(H,40,46)(H,43,44)/b10-8+,14-9+,29-12+,31-24-,35-28-,38-18+,42-22+/t32-,33-,37-/m0/s1. The van der Waals surface area contributed by atoms with Gasteiger partial charge >= 0.3 is 0 Å². The molecule has 1 saturated carbocycles. The quantitative estimate of drug-likeness (QED) is 0.0611. The molecule has 1 aliphatic carbocycles. The Bertz CT molecular complexity index is 1500. The second-order valence-electron chi connectivity index (χ2n) is 11.6. The second kappa shape index (κ2) is 18.9. The highest BCUT2D eigenvalue weighted by Crippen LogP contribution is 2.31. The first-order chi connectivity index (χ1) is 22.6. The van der Waals surface area contributed by atoms with Gasteiger partial charge in [0, 0.05) is 67.9 Å². The highest BCUT2D eigenvalue weighted by Gasteiger charge is 2.38. The highest BCUT2D eigenvalue weighted by atomic mass is 16.3. The van der Waals surface area contributed by atoms with Crippen LogP contribution < -0.4 is 21.3 Å². The summed E-state index contributed by atoms with van der Waals surface area (Å²) in [5, 5.41) is 32.5. The Morgan fingerprint density at radius 2 is 1.98 bits per heavy atom. The molecule has 1 heterocycles. The third kappa shape index (κ3) is 12.8. The normalized spacial score (nSPS) is 22.5. The van der Waals surface area contributed by atoms with Crippen LogP contribution in [0, 0.1) is 0 Å². The van der Waals surface area contributed by atoms with Gasteiger partial charge in [0.2, 0.25) is 11.8 Å². The first-order valence-corrected chi connectivity index (χ1v) is 15.6. The number of nitrogens with zero attached hydrogens (tertiary/aromatic N) is 2. The average Bonchev–Trinajstić information content (AvgIpc) is 3.46. The number of carbonyl (C=O) groups excluding carboxylic acids is 2. The molecule has 3 rings (SSSR count). The predicted octanol–water partition coefficient (Wildman–Crippen LogP) is 4.33. The molecular formula is C37H46N6O4. The maximum absolute atomic E-state index is 12.4. The molecular weight excluding hydrogens is 592 g/mol. The van der Waals surface area contributed by atoms with Crippen LogP contribution in [0.4, 0.5) is 0 Å². The van der Waals surface area contributed by atoms with Gasteiger partial charge in [-0.2, -0.15) is 0 Å². The number of hydrogen-bond acceptors (Lipinski definition) is 8. The van der Waals surface area contributed by atoms with Crippen LogP contribution in [-0.2, 0) is 9.59 Å². The van der Waals surface area contributed by atoms with Gasteiger partial charge in [-0.1, -0.05) is 74.4 Å². The number of allylic oxidation sites excluding steroid dienone is 7. The minimum absolute atomic E-state index is 0.0646. The number of aliphatic hydroxyl groups excluding tert-OH is 1. The molecule has 0 aromatic heterocycles. The Morgan fingerprint density at radius 1 is 1.17 bits per heavy atom. The number of nitrogens with one attached hydrogen (secondary N) is 4. The molecule has 1 aromatic rings. The topological polar surface area (TPSA) is 147 Å². The molecule has 2 amide bonds. The third-order valence-electron chi connectivity index (χ3n) is 7.56. The summed E-state index contributed by atoms with van der Waals surface area (Å²) >= 11 is 0. The molecule has 1 atom stereocenters. The molecule has 10 nitrogen and oxygen atoms in total. The fraction of sp³-hybridized carbons (Fsp3) is 0.297. The Kier molecular flexibility index (Phi) is 14.7. The molecule has 6 N–H and O–H groups in total. The van der Waals surface area contributed by atoms with Crippen molar-refractivity contribution in [2.45, 2.75) is 50.3 Å². The lowest BCUT2D eigenvalue weighted by atomic mass is 9.77. The van der Waals surface area contributed by atoms with Gasteiger partial charge in [-0.15, -0.1) is 0 Å². The first kappa shape index (κ1) is 36.6. The number of carbonyl (C=O) groups is 2. The number of amides is 2. The van der Waals surface area contributed by atoms with Crippen LogP contribution in [0.5, 0.6) is 0 Å². The van der Waals surface area contributed by atoms with E-state index in [0.29, 0.717) is 50.0 Å². The third-order valence-corrected chi connectivity index (χ3v) is 7.56. The monoisotopic (exact) mass is 638 g/mol. The second-order valence-corrected chi connectivity index (χ2v) is 11.6. The molecule has 47 heavy (non-hydrogen) atoms. The summed E-state index contributed by atoms with van der Waals surface area (Å²) in [7, 11) is 0. The summed E-state index contributed by atoms with van der Waals surface area (Å²) in [6.07, 6.45) is 21.2. The molecule has 2 fully saturated rings. The van der Waals surface area contributed by atoms with Gasteiger partial charge in [0.15, 0.2) is 0 Å². The summed E-state index contributed by atoms with van der Waals surface area (Å²) in [4.78, 5) is 32.2. The Balaban J connectivity index is 1.58. The lowest BCUT2D eigenvalue weighted by Gasteiger charge is -2.41. The Labute approximate surface area is 277 Å². The minimum atomic E-state index is -0.646. The number of hydrogen-bond donors (Lipinski definition) is 6. The van der Waals surface area contributed by atoms with Crippen molar-refractivity contribution in [3.05, 3.63) is 127 Å². The van der Waals surface area contributed by atoms with E-state index in [4.69, 9.17) is 0 Å². The largest absolute Gasteiger partial charge is 0.493 e. The van der Waals surface area contributed by atoms with Crippen molar-refractivity contribution in [3.63, 3.8) is 0 Å². The van der Waals surface area contributed by atoms with Crippen molar-refractivity contribution in [2.75, 3.05) is 19.6 Å². The molecule has 0 radical (unpaired) electrons. The van der Waals surface area contributed by atoms with E-state index in [1.807, 2.05) is 48.6 Å². The SMILES string of the molecule is C=C\C=C(/C=C/C=C/C=N/C=C(/CN[C@H]1C[C@](C)(O)C1)C(=O)NC=C)c1cccc(/C=N/C(O)=C(\C=C)CNC[C@@H]2CCC(=O)N2)c1. The molecule has 248 valence electrons. The summed E-state index contributed by atoms with van der Waals surface area (Å²) in [5.41, 5.74) is 3.00. The zero-order chi connectivity index (χ0) is 34.1. The van der Waals surface area contributed by atoms with Gasteiger partial charge in [0.05, 0.1) is 5.60 Å². The molecule has 1 aromatic carbocycles. The molecule has 0 bridgehead atoms. The van der Waals surface area contributed by atoms with E-state index < -0.39 is 5.60 Å². The number of aliphatic imine (C=N–C) groups is 2. The summed E-state index contributed by atoms with van der Waals surface area (Å²) in [5.74, 6) is -0.355. The van der Waals surface area contributed by atoms with E-state index in [0.717, 1.165) is 23.1 Å². The molecule has 1 saturated heterocycles. The van der Waals surface area contributed by atoms with Crippen molar-refractivity contribution in [1.29, 1.82) is 0 Å². The van der Waals surface area contributed by atoms with Crippen molar-refractivity contribution in [1.82, 2.24) is 21.3 Å². The van der Waals surface area contributed by atoms with Crippen LogP contribution >= 0.6 is 0 Å². The number of rotatable bonds is 18. The Hall–Kier alpha value is -4.90. The van der Waals surface area contributed by atoms with E-state index in [2.05, 4.69) is 51.0 Å². The van der Waals surface area contributed by atoms with E-state index in [1.54, 1.807) is 37.6 Å². The van der Waals surface area contributed by atoms with Crippen LogP contribution in [0.3, 0.4) is 0 Å². The van der Waals surface area contributed by atoms with Gasteiger partial charge in [-0.3, -0.25) is 14.6 Å². The number of aliphatic hydroxyl groups is 2. The number of benzene rings is 1. The first-order valence-electron chi connectivity index (χ1n) is 15.6. The van der Waals surface area contributed by atoms with E-state index in [1.165, 1.54) is 12.4 Å². The van der Waals surface area contributed by atoms with Crippen LogP contribution in [0.25, 0.3) is 5.57 Å². The van der Waals surface area contributed by atoms with Crippen molar-refractivity contribution < 1.29 is 19.8 Å². The van der Waals surface area contributed by atoms with E-state index >= 15 is 0 Å². The summed E-state index contributed by atoms with van der Waals surface area (Å²) in [6, 6.07) is 7.98. The van der Waals surface area contributed by atoms with Crippen LogP contribution in [0.2, 0.25) is 0 Å². The van der Waals surface area contributed by atoms with Crippen molar-refractivity contribution in [3.8, 4) is 0 Å². The zero-order valence-corrected chi connectivity index (χ0v) is 27.0. The molecule has 2 aliphatic rings. The van der Waals surface area contributed by atoms with Crippen molar-refractivity contribution in [2.24, 2.45) is 9.98 Å². The maximum Gasteiger partial charge on any atom is 0.253 e. The lowest BCUT2D eigenvalue weighted by Crippen LogP contribution is -2.52. The van der Waals surface area contributed by atoms with Crippen LogP contribution in [-0.4, -0.2) is 71.8 Å². The predicted molar refractivity (Wildman–Crippen MR) is 191 cm³/mol. The minimum Gasteiger partial charge on any atom is -0.493 e. The van der Waals surface area contributed by atoms with Crippen molar-refractivity contribution >= 4 is 29.8 Å². The van der Waals surface area contributed by atoms with Gasteiger partial charge in [0.1, 0.15) is 0 Å². The Morgan fingerprint density at radius 3 is 2.66 bits per heavy atom. The van der Waals surface area contributed by atoms with Gasteiger partial charge in [-0.05, 0) is 61.2 Å². The van der Waals surface area contributed by atoms with Crippen LogP contribution in [0.15, 0.2) is 126 Å². The highest BCUT2D eigenvalue weighted by molar-refractivity contribution is 5.94. The summed E-state index contributed by atoms with van der Waals surface area (Å²) < 4.78 is 0. The van der Waals surface area contributed by atoms with Gasteiger partial charge in [-0.25, -0.2) is 4.99 Å². The summed E-state index contributed by atoms with van der Waals surface area (Å²) in [6.45, 7) is 14.3. The van der Waals surface area contributed by atoms with Gasteiger partial charge in [0.25, 0.3) is 5.91 Å². The molecule has 1 aliphatic heterocycles. The molecule has 0 unspecified atom stereocenters. The molecule has 10 heteroatoms. The smallest absolute Gasteiger partial charge is 0.253 e. The zero-order valence-electron chi connectivity index (χ0n) is 27.0. The van der Waals surface area contributed by atoms with E-state index in [-0.39, 0.29) is 29.8 Å².